The Morgan fingerprint density at radius 1 is 0.708 bits per heavy atom. The van der Waals surface area contributed by atoms with Gasteiger partial charge in [-0.25, -0.2) is 0 Å². The van der Waals surface area contributed by atoms with E-state index in [1.165, 1.54) is 83.5 Å². The third-order valence-electron chi connectivity index (χ3n) is 4.56. The van der Waals surface area contributed by atoms with Crippen LogP contribution in [0.15, 0.2) is 12.2 Å². The van der Waals surface area contributed by atoms with Gasteiger partial charge in [0.25, 0.3) is 0 Å². The summed E-state index contributed by atoms with van der Waals surface area (Å²) in [5.74, 6) is 0. The second kappa shape index (κ2) is 20.7. The molecule has 0 aromatic rings. The molecule has 144 valence electrons. The lowest BCUT2D eigenvalue weighted by Gasteiger charge is -2.09. The number of aliphatic hydroxyl groups is 1. The van der Waals surface area contributed by atoms with E-state index in [1.807, 2.05) is 6.92 Å². The van der Waals surface area contributed by atoms with E-state index in [-0.39, 0.29) is 6.10 Å². The summed E-state index contributed by atoms with van der Waals surface area (Å²) in [5.41, 5.74) is 0. The molecule has 0 saturated heterocycles. The summed E-state index contributed by atoms with van der Waals surface area (Å²) < 4.78 is 5.22. The molecule has 0 heterocycles. The topological polar surface area (TPSA) is 29.5 Å². The number of unbranched alkanes of at least 4 members (excludes halogenated alkanes) is 12. The Morgan fingerprint density at radius 3 is 1.75 bits per heavy atom. The van der Waals surface area contributed by atoms with Gasteiger partial charge in [0, 0.05) is 6.61 Å². The fraction of sp³-hybridized carbons (Fsp3) is 0.909. The predicted octanol–water partition coefficient (Wildman–Crippen LogP) is 6.81. The maximum absolute atomic E-state index is 9.66. The van der Waals surface area contributed by atoms with E-state index in [0.717, 1.165) is 12.8 Å². The standard InChI is InChI=1S/C22H44O2/c1-3-5-6-7-8-9-10-11-12-13-14-15-16-17-18-19-20-22(23)21-24-4-2/h11-12,22-23H,3-10,13-21H2,1-2H3/b12-11-. The Morgan fingerprint density at radius 2 is 1.21 bits per heavy atom. The van der Waals surface area contributed by atoms with Gasteiger partial charge in [0.15, 0.2) is 0 Å². The van der Waals surface area contributed by atoms with Gasteiger partial charge in [-0.15, -0.1) is 0 Å². The lowest BCUT2D eigenvalue weighted by atomic mass is 10.1. The Hall–Kier alpha value is -0.340. The lowest BCUT2D eigenvalue weighted by Crippen LogP contribution is -2.14. The highest BCUT2D eigenvalue weighted by Crippen LogP contribution is 2.11. The summed E-state index contributed by atoms with van der Waals surface area (Å²) in [7, 11) is 0. The highest BCUT2D eigenvalue weighted by molar-refractivity contribution is 4.81. The minimum absolute atomic E-state index is 0.262. The molecular weight excluding hydrogens is 296 g/mol. The predicted molar refractivity (Wildman–Crippen MR) is 107 cm³/mol. The molecule has 0 aromatic carbocycles. The first-order valence-electron chi connectivity index (χ1n) is 10.7. The van der Waals surface area contributed by atoms with Crippen LogP contribution in [0.25, 0.3) is 0 Å². The van der Waals surface area contributed by atoms with Crippen LogP contribution in [0.2, 0.25) is 0 Å². The van der Waals surface area contributed by atoms with Gasteiger partial charge in [-0.2, -0.15) is 0 Å². The number of hydrogen-bond acceptors (Lipinski definition) is 2. The van der Waals surface area contributed by atoms with Crippen molar-refractivity contribution in [1.29, 1.82) is 0 Å². The first-order valence-corrected chi connectivity index (χ1v) is 10.7. The van der Waals surface area contributed by atoms with Crippen LogP contribution in [0.5, 0.6) is 0 Å². The fourth-order valence-electron chi connectivity index (χ4n) is 2.96. The lowest BCUT2D eigenvalue weighted by molar-refractivity contribution is 0.0368. The van der Waals surface area contributed by atoms with Gasteiger partial charge in [-0.1, -0.05) is 83.3 Å². The van der Waals surface area contributed by atoms with Gasteiger partial charge in [0.2, 0.25) is 0 Å². The second-order valence-electron chi connectivity index (χ2n) is 7.04. The number of ether oxygens (including phenoxy) is 1. The van der Waals surface area contributed by atoms with Crippen molar-refractivity contribution < 1.29 is 9.84 Å². The van der Waals surface area contributed by atoms with Gasteiger partial charge in [0.05, 0.1) is 12.7 Å². The Bertz CT molecular complexity index is 250. The monoisotopic (exact) mass is 340 g/mol. The quantitative estimate of drug-likeness (QED) is 0.207. The minimum Gasteiger partial charge on any atom is -0.391 e. The van der Waals surface area contributed by atoms with Gasteiger partial charge in [-0.3, -0.25) is 0 Å². The van der Waals surface area contributed by atoms with Crippen LogP contribution in [-0.4, -0.2) is 24.4 Å². The summed E-state index contributed by atoms with van der Waals surface area (Å²) in [6.07, 6.45) is 24.0. The first-order chi connectivity index (χ1) is 11.8. The van der Waals surface area contributed by atoms with Gasteiger partial charge < -0.3 is 9.84 Å². The van der Waals surface area contributed by atoms with Crippen molar-refractivity contribution in [2.75, 3.05) is 13.2 Å². The van der Waals surface area contributed by atoms with E-state index in [1.54, 1.807) is 0 Å². The number of aliphatic hydroxyl groups excluding tert-OH is 1. The van der Waals surface area contributed by atoms with Crippen LogP contribution in [-0.2, 0) is 4.74 Å². The van der Waals surface area contributed by atoms with Crippen molar-refractivity contribution in [3.63, 3.8) is 0 Å². The smallest absolute Gasteiger partial charge is 0.0773 e. The molecule has 0 radical (unpaired) electrons. The molecule has 24 heavy (non-hydrogen) atoms. The number of rotatable bonds is 19. The summed E-state index contributed by atoms with van der Waals surface area (Å²) in [5, 5.41) is 9.66. The van der Waals surface area contributed by atoms with Gasteiger partial charge >= 0.3 is 0 Å². The molecule has 2 nitrogen and oxygen atoms in total. The van der Waals surface area contributed by atoms with Crippen LogP contribution in [0, 0.1) is 0 Å². The SMILES string of the molecule is CCCCCCCC/C=C\CCCCCCCCC(O)COCC. The minimum atomic E-state index is -0.262. The molecule has 0 aromatic heterocycles. The number of allylic oxidation sites excluding steroid dienone is 2. The summed E-state index contributed by atoms with van der Waals surface area (Å²) in [6.45, 7) is 5.44. The summed E-state index contributed by atoms with van der Waals surface area (Å²) in [4.78, 5) is 0. The molecule has 1 unspecified atom stereocenters. The molecule has 0 rings (SSSR count). The van der Waals surface area contributed by atoms with Crippen LogP contribution in [0.4, 0.5) is 0 Å². The Balaban J connectivity index is 3.12. The van der Waals surface area contributed by atoms with Crippen molar-refractivity contribution in [3.8, 4) is 0 Å². The van der Waals surface area contributed by atoms with Gasteiger partial charge in [0.1, 0.15) is 0 Å². The zero-order valence-electron chi connectivity index (χ0n) is 16.6. The van der Waals surface area contributed by atoms with E-state index >= 15 is 0 Å². The zero-order valence-corrected chi connectivity index (χ0v) is 16.6. The van der Waals surface area contributed by atoms with Crippen LogP contribution in [0.1, 0.15) is 110 Å². The Labute approximate surface area is 152 Å². The maximum atomic E-state index is 9.66. The van der Waals surface area contributed by atoms with E-state index < -0.39 is 0 Å². The molecular formula is C22H44O2. The van der Waals surface area contributed by atoms with Crippen molar-refractivity contribution >= 4 is 0 Å². The number of hydrogen-bond donors (Lipinski definition) is 1. The van der Waals surface area contributed by atoms with Gasteiger partial charge in [-0.05, 0) is 39.0 Å². The average molecular weight is 341 g/mol. The normalized spacial score (nSPS) is 13.0. The molecule has 0 aliphatic heterocycles. The zero-order chi connectivity index (χ0) is 17.7. The highest BCUT2D eigenvalue weighted by atomic mass is 16.5. The van der Waals surface area contributed by atoms with E-state index in [2.05, 4.69) is 19.1 Å². The molecule has 0 aliphatic rings. The van der Waals surface area contributed by atoms with E-state index in [0.29, 0.717) is 13.2 Å². The van der Waals surface area contributed by atoms with Crippen molar-refractivity contribution in [2.24, 2.45) is 0 Å². The van der Waals surface area contributed by atoms with Crippen molar-refractivity contribution in [3.05, 3.63) is 12.2 Å². The highest BCUT2D eigenvalue weighted by Gasteiger charge is 2.02. The van der Waals surface area contributed by atoms with Crippen LogP contribution in [0.3, 0.4) is 0 Å². The molecule has 0 aliphatic carbocycles. The molecule has 0 saturated carbocycles. The largest absolute Gasteiger partial charge is 0.391 e. The molecule has 0 bridgehead atoms. The van der Waals surface area contributed by atoms with Crippen LogP contribution >= 0.6 is 0 Å². The Kier molecular flexibility index (Phi) is 20.4. The van der Waals surface area contributed by atoms with Crippen molar-refractivity contribution in [2.45, 2.75) is 116 Å². The molecule has 2 heteroatoms. The summed E-state index contributed by atoms with van der Waals surface area (Å²) >= 11 is 0. The molecule has 0 amide bonds. The van der Waals surface area contributed by atoms with E-state index in [9.17, 15) is 5.11 Å². The second-order valence-corrected chi connectivity index (χ2v) is 7.04. The molecule has 1 N–H and O–H groups in total. The first kappa shape index (κ1) is 23.7. The fourth-order valence-corrected chi connectivity index (χ4v) is 2.96. The average Bonchev–Trinajstić information content (AvgIpc) is 2.59. The van der Waals surface area contributed by atoms with Crippen LogP contribution < -0.4 is 0 Å². The molecule has 0 spiro atoms. The molecule has 1 atom stereocenters. The molecule has 0 fully saturated rings. The summed E-state index contributed by atoms with van der Waals surface area (Å²) in [6, 6.07) is 0. The third-order valence-corrected chi connectivity index (χ3v) is 4.56. The van der Waals surface area contributed by atoms with E-state index in [4.69, 9.17) is 4.74 Å². The van der Waals surface area contributed by atoms with Crippen molar-refractivity contribution in [1.82, 2.24) is 0 Å². The maximum Gasteiger partial charge on any atom is 0.0773 e. The third kappa shape index (κ3) is 19.7.